The Morgan fingerprint density at radius 3 is 1.56 bits per heavy atom. The number of ether oxygens (including phenoxy) is 1. The summed E-state index contributed by atoms with van der Waals surface area (Å²) in [6.45, 7) is 3.64. The molecular formula is C15H27N5O7. The van der Waals surface area contributed by atoms with Gasteiger partial charge in [-0.2, -0.15) is 0 Å². The summed E-state index contributed by atoms with van der Waals surface area (Å²) < 4.78 is 4.95. The first kappa shape index (κ1) is 24.1. The van der Waals surface area contributed by atoms with Crippen LogP contribution in [0.15, 0.2) is 0 Å². The van der Waals surface area contributed by atoms with Crippen LogP contribution in [0.4, 0.5) is 4.79 Å². The van der Waals surface area contributed by atoms with Crippen molar-refractivity contribution in [2.24, 2.45) is 0 Å². The predicted molar refractivity (Wildman–Crippen MR) is 93.4 cm³/mol. The fraction of sp³-hybridized carbons (Fsp3) is 0.667. The summed E-state index contributed by atoms with van der Waals surface area (Å²) in [6.07, 6.45) is -0.756. The van der Waals surface area contributed by atoms with Crippen LogP contribution in [-0.4, -0.2) is 79.8 Å². The zero-order chi connectivity index (χ0) is 20.9. The second kappa shape index (κ2) is 12.5. The number of hydrogen-bond acceptors (Lipinski definition) is 7. The minimum atomic E-state index is -0.756. The van der Waals surface area contributed by atoms with E-state index in [-0.39, 0.29) is 32.7 Å². The average Bonchev–Trinajstić information content (AvgIpc) is 2.58. The van der Waals surface area contributed by atoms with Crippen molar-refractivity contribution in [3.8, 4) is 0 Å². The maximum atomic E-state index is 11.5. The molecule has 0 aliphatic rings. The van der Waals surface area contributed by atoms with Gasteiger partial charge in [0.25, 0.3) is 0 Å². The molecule has 0 aromatic rings. The molecule has 0 bridgehead atoms. The maximum Gasteiger partial charge on any atom is 0.408 e. The summed E-state index contributed by atoms with van der Waals surface area (Å²) in [6, 6.07) is 0. The van der Waals surface area contributed by atoms with Crippen molar-refractivity contribution in [2.45, 2.75) is 26.4 Å². The van der Waals surface area contributed by atoms with E-state index >= 15 is 0 Å². The van der Waals surface area contributed by atoms with Crippen LogP contribution in [0.5, 0.6) is 0 Å². The van der Waals surface area contributed by atoms with Crippen molar-refractivity contribution in [1.29, 1.82) is 0 Å². The summed E-state index contributed by atoms with van der Waals surface area (Å²) in [5.74, 6) is -2.24. The van der Waals surface area contributed by atoms with E-state index in [1.165, 1.54) is 0 Å². The summed E-state index contributed by atoms with van der Waals surface area (Å²) in [5, 5.41) is 20.1. The van der Waals surface area contributed by atoms with Gasteiger partial charge < -0.3 is 36.4 Å². The molecule has 5 amide bonds. The smallest absolute Gasteiger partial charge is 0.408 e. The fourth-order valence-corrected chi connectivity index (χ4v) is 1.47. The lowest BCUT2D eigenvalue weighted by Gasteiger charge is -2.19. The molecule has 0 aliphatic heterocycles. The highest BCUT2D eigenvalue weighted by atomic mass is 16.6. The van der Waals surface area contributed by atoms with Gasteiger partial charge in [0, 0.05) is 13.1 Å². The molecule has 0 heterocycles. The van der Waals surface area contributed by atoms with Crippen molar-refractivity contribution in [1.82, 2.24) is 26.6 Å². The number of alkyl carbamates (subject to hydrolysis) is 1. The van der Waals surface area contributed by atoms with Gasteiger partial charge >= 0.3 is 6.09 Å². The molecule has 27 heavy (non-hydrogen) atoms. The van der Waals surface area contributed by atoms with Crippen molar-refractivity contribution < 1.29 is 33.8 Å². The van der Waals surface area contributed by atoms with E-state index in [0.29, 0.717) is 0 Å². The van der Waals surface area contributed by atoms with Crippen molar-refractivity contribution in [3.05, 3.63) is 0 Å². The Morgan fingerprint density at radius 1 is 0.704 bits per heavy atom. The Morgan fingerprint density at radius 2 is 1.11 bits per heavy atom. The number of nitrogens with one attached hydrogen (secondary N) is 5. The van der Waals surface area contributed by atoms with Crippen LogP contribution in [-0.2, 0) is 23.9 Å². The first-order valence-corrected chi connectivity index (χ1v) is 8.18. The van der Waals surface area contributed by atoms with E-state index in [0.717, 1.165) is 0 Å². The number of aliphatic hydroxyl groups excluding tert-OH is 1. The normalized spacial score (nSPS) is 10.4. The molecule has 0 atom stereocenters. The number of aliphatic hydroxyl groups is 1. The standard InChI is InChI=1S/C15H27N5O7/c1-15(2,3)27-14(26)20-8-12(24)19-7-11(23)18-6-10(22)16-4-5-17-13(25)9-21/h21H,4-9H2,1-3H3,(H,16,22)(H,17,25)(H,18,23)(H,19,24)(H,20,26). The fourth-order valence-electron chi connectivity index (χ4n) is 1.47. The van der Waals surface area contributed by atoms with Crippen LogP contribution in [0.25, 0.3) is 0 Å². The Bertz CT molecular complexity index is 545. The molecular weight excluding hydrogens is 362 g/mol. The highest BCUT2D eigenvalue weighted by Gasteiger charge is 2.16. The molecule has 0 saturated heterocycles. The van der Waals surface area contributed by atoms with Crippen LogP contribution in [0, 0.1) is 0 Å². The van der Waals surface area contributed by atoms with E-state index < -0.39 is 41.9 Å². The van der Waals surface area contributed by atoms with Gasteiger partial charge in [-0.15, -0.1) is 0 Å². The highest BCUT2D eigenvalue weighted by Crippen LogP contribution is 2.05. The average molecular weight is 389 g/mol. The molecule has 6 N–H and O–H groups in total. The van der Waals surface area contributed by atoms with Crippen LogP contribution in [0.3, 0.4) is 0 Å². The van der Waals surface area contributed by atoms with Gasteiger partial charge in [0.05, 0.1) is 13.1 Å². The van der Waals surface area contributed by atoms with Crippen molar-refractivity contribution in [3.63, 3.8) is 0 Å². The van der Waals surface area contributed by atoms with E-state index in [2.05, 4.69) is 26.6 Å². The van der Waals surface area contributed by atoms with E-state index in [4.69, 9.17) is 9.84 Å². The summed E-state index contributed by atoms with van der Waals surface area (Å²) >= 11 is 0. The number of hydrogen-bond donors (Lipinski definition) is 6. The molecule has 0 radical (unpaired) electrons. The number of carbonyl (C=O) groups excluding carboxylic acids is 5. The van der Waals surface area contributed by atoms with E-state index in [1.807, 2.05) is 0 Å². The van der Waals surface area contributed by atoms with Crippen LogP contribution >= 0.6 is 0 Å². The molecule has 0 aromatic carbocycles. The quantitative estimate of drug-likeness (QED) is 0.215. The molecule has 0 spiro atoms. The lowest BCUT2D eigenvalue weighted by Crippen LogP contribution is -2.45. The third kappa shape index (κ3) is 15.1. The van der Waals surface area contributed by atoms with Crippen LogP contribution < -0.4 is 26.6 Å². The lowest BCUT2D eigenvalue weighted by atomic mass is 10.2. The van der Waals surface area contributed by atoms with Crippen LogP contribution in [0.1, 0.15) is 20.8 Å². The van der Waals surface area contributed by atoms with Crippen LogP contribution in [0.2, 0.25) is 0 Å². The van der Waals surface area contributed by atoms with Gasteiger partial charge in [-0.3, -0.25) is 19.2 Å². The SMILES string of the molecule is CC(C)(C)OC(=O)NCC(=O)NCC(=O)NCC(=O)NCCNC(=O)CO. The topological polar surface area (TPSA) is 175 Å². The second-order valence-electron chi connectivity index (χ2n) is 6.27. The Hall–Kier alpha value is -2.89. The summed E-state index contributed by atoms with van der Waals surface area (Å²) in [7, 11) is 0. The van der Waals surface area contributed by atoms with Gasteiger partial charge in [0.1, 0.15) is 18.8 Å². The van der Waals surface area contributed by atoms with E-state index in [1.54, 1.807) is 20.8 Å². The zero-order valence-corrected chi connectivity index (χ0v) is 15.6. The number of carbonyl (C=O) groups is 5. The number of amides is 5. The maximum absolute atomic E-state index is 11.5. The minimum absolute atomic E-state index is 0.132. The minimum Gasteiger partial charge on any atom is -0.444 e. The zero-order valence-electron chi connectivity index (χ0n) is 15.6. The Kier molecular flexibility index (Phi) is 11.1. The first-order valence-electron chi connectivity index (χ1n) is 8.18. The lowest BCUT2D eigenvalue weighted by molar-refractivity contribution is -0.127. The second-order valence-corrected chi connectivity index (χ2v) is 6.27. The van der Waals surface area contributed by atoms with Gasteiger partial charge in [-0.25, -0.2) is 4.79 Å². The molecule has 12 nitrogen and oxygen atoms in total. The molecule has 12 heteroatoms. The van der Waals surface area contributed by atoms with Gasteiger partial charge in [-0.05, 0) is 20.8 Å². The summed E-state index contributed by atoms with van der Waals surface area (Å²) in [4.78, 5) is 56.6. The van der Waals surface area contributed by atoms with Gasteiger partial charge in [0.15, 0.2) is 0 Å². The van der Waals surface area contributed by atoms with Gasteiger partial charge in [0.2, 0.25) is 23.6 Å². The molecule has 0 fully saturated rings. The van der Waals surface area contributed by atoms with Crippen molar-refractivity contribution in [2.75, 3.05) is 39.3 Å². The Balaban J connectivity index is 3.81. The molecule has 154 valence electrons. The van der Waals surface area contributed by atoms with Crippen molar-refractivity contribution >= 4 is 29.7 Å². The Labute approximate surface area is 156 Å². The molecule has 0 aromatic heterocycles. The number of rotatable bonds is 10. The third-order valence-electron chi connectivity index (χ3n) is 2.60. The van der Waals surface area contributed by atoms with E-state index in [9.17, 15) is 24.0 Å². The third-order valence-corrected chi connectivity index (χ3v) is 2.60. The summed E-state index contributed by atoms with van der Waals surface area (Å²) in [5.41, 5.74) is -0.689. The highest BCUT2D eigenvalue weighted by molar-refractivity contribution is 5.89. The molecule has 0 saturated carbocycles. The molecule has 0 unspecified atom stereocenters. The monoisotopic (exact) mass is 389 g/mol. The molecule has 0 rings (SSSR count). The predicted octanol–water partition coefficient (Wildman–Crippen LogP) is -3.03. The largest absolute Gasteiger partial charge is 0.444 e. The first-order chi connectivity index (χ1) is 12.5. The van der Waals surface area contributed by atoms with Gasteiger partial charge in [-0.1, -0.05) is 0 Å². The molecule has 0 aliphatic carbocycles.